The summed E-state index contributed by atoms with van der Waals surface area (Å²) in [5, 5.41) is 8.81. The maximum Gasteiger partial charge on any atom is 0.406 e. The van der Waals surface area contributed by atoms with Gasteiger partial charge in [0.15, 0.2) is 0 Å². The molecule has 0 atom stereocenters. The second-order valence-corrected chi connectivity index (χ2v) is 3.97. The van der Waals surface area contributed by atoms with E-state index < -0.39 is 31.8 Å². The molecule has 0 spiro atoms. The van der Waals surface area contributed by atoms with Crippen molar-refractivity contribution in [3.8, 4) is 11.8 Å². The standard InChI is InChI=1S/C13H14F3N3O2/c14-13(15,16)9-19(7-8-20)12(21)11-10(3-1-5-17)4-2-6-18-11/h2,4,6,20H,5,7-9,17H2. The molecule has 0 aromatic carbocycles. The third kappa shape index (κ3) is 5.41. The number of hydrogen-bond donors (Lipinski definition) is 2. The summed E-state index contributed by atoms with van der Waals surface area (Å²) in [7, 11) is 0. The average molecular weight is 301 g/mol. The van der Waals surface area contributed by atoms with Crippen LogP contribution >= 0.6 is 0 Å². The number of amides is 1. The number of carbonyl (C=O) groups is 1. The summed E-state index contributed by atoms with van der Waals surface area (Å²) >= 11 is 0. The first-order valence-electron chi connectivity index (χ1n) is 6.00. The molecule has 21 heavy (non-hydrogen) atoms. The Kier molecular flexibility index (Phi) is 6.14. The van der Waals surface area contributed by atoms with Crippen LogP contribution in [0.1, 0.15) is 16.1 Å². The third-order valence-electron chi connectivity index (χ3n) is 2.36. The average Bonchev–Trinajstić information content (AvgIpc) is 2.43. The van der Waals surface area contributed by atoms with E-state index in [2.05, 4.69) is 16.8 Å². The molecule has 1 amide bonds. The van der Waals surface area contributed by atoms with Crippen LogP contribution in [0, 0.1) is 11.8 Å². The first-order chi connectivity index (χ1) is 9.89. The van der Waals surface area contributed by atoms with Crippen LogP contribution in [0.15, 0.2) is 18.3 Å². The highest BCUT2D eigenvalue weighted by Gasteiger charge is 2.34. The molecule has 0 radical (unpaired) electrons. The molecule has 0 aliphatic carbocycles. The quantitative estimate of drug-likeness (QED) is 0.789. The number of carbonyl (C=O) groups excluding carboxylic acids is 1. The predicted molar refractivity (Wildman–Crippen MR) is 69.2 cm³/mol. The number of aliphatic hydroxyl groups is 1. The van der Waals surface area contributed by atoms with E-state index in [1.54, 1.807) is 0 Å². The normalized spacial score (nSPS) is 10.7. The number of halogens is 3. The Labute approximate surface area is 119 Å². The van der Waals surface area contributed by atoms with Crippen LogP contribution in [0.25, 0.3) is 0 Å². The Bertz CT molecular complexity index is 550. The van der Waals surface area contributed by atoms with Crippen molar-refractivity contribution in [3.05, 3.63) is 29.6 Å². The van der Waals surface area contributed by atoms with E-state index in [1.807, 2.05) is 0 Å². The molecule has 0 bridgehead atoms. The molecule has 114 valence electrons. The molecule has 0 saturated heterocycles. The highest BCUT2D eigenvalue weighted by atomic mass is 19.4. The fraction of sp³-hybridized carbons (Fsp3) is 0.385. The molecule has 1 aromatic heterocycles. The van der Waals surface area contributed by atoms with Gasteiger partial charge in [0.05, 0.1) is 18.7 Å². The molecule has 0 aliphatic heterocycles. The van der Waals surface area contributed by atoms with Crippen LogP contribution in [0.2, 0.25) is 0 Å². The van der Waals surface area contributed by atoms with Gasteiger partial charge in [0.25, 0.3) is 5.91 Å². The Morgan fingerprint density at radius 2 is 2.19 bits per heavy atom. The van der Waals surface area contributed by atoms with Gasteiger partial charge in [0.1, 0.15) is 12.2 Å². The molecule has 0 saturated carbocycles. The van der Waals surface area contributed by atoms with E-state index in [1.165, 1.54) is 18.3 Å². The molecule has 1 aromatic rings. The molecule has 5 nitrogen and oxygen atoms in total. The van der Waals surface area contributed by atoms with E-state index >= 15 is 0 Å². The lowest BCUT2D eigenvalue weighted by Gasteiger charge is -2.23. The zero-order valence-corrected chi connectivity index (χ0v) is 11.0. The van der Waals surface area contributed by atoms with Crippen LogP contribution < -0.4 is 5.73 Å². The van der Waals surface area contributed by atoms with Crippen molar-refractivity contribution in [2.24, 2.45) is 5.73 Å². The van der Waals surface area contributed by atoms with E-state index in [-0.39, 0.29) is 17.8 Å². The predicted octanol–water partition coefficient (Wildman–Crippen LogP) is 0.389. The van der Waals surface area contributed by atoms with Gasteiger partial charge in [-0.2, -0.15) is 13.2 Å². The van der Waals surface area contributed by atoms with E-state index in [9.17, 15) is 18.0 Å². The minimum atomic E-state index is -4.57. The van der Waals surface area contributed by atoms with Gasteiger partial charge in [-0.15, -0.1) is 0 Å². The van der Waals surface area contributed by atoms with E-state index in [4.69, 9.17) is 10.8 Å². The topological polar surface area (TPSA) is 79.5 Å². The van der Waals surface area contributed by atoms with Gasteiger partial charge in [0.2, 0.25) is 0 Å². The SMILES string of the molecule is NCC#Cc1cccnc1C(=O)N(CCO)CC(F)(F)F. The van der Waals surface area contributed by atoms with Crippen LogP contribution in [0.4, 0.5) is 13.2 Å². The van der Waals surface area contributed by atoms with Crippen LogP contribution in [0.3, 0.4) is 0 Å². The summed E-state index contributed by atoms with van der Waals surface area (Å²) in [5.74, 6) is 4.16. The highest BCUT2D eigenvalue weighted by Crippen LogP contribution is 2.18. The van der Waals surface area contributed by atoms with Crippen molar-refractivity contribution in [3.63, 3.8) is 0 Å². The van der Waals surface area contributed by atoms with Crippen molar-refractivity contribution >= 4 is 5.91 Å². The van der Waals surface area contributed by atoms with Gasteiger partial charge < -0.3 is 15.7 Å². The van der Waals surface area contributed by atoms with Crippen LogP contribution in [-0.2, 0) is 0 Å². The number of aromatic nitrogens is 1. The molecular weight excluding hydrogens is 287 g/mol. The summed E-state index contributed by atoms with van der Waals surface area (Å²) in [5.41, 5.74) is 5.22. The van der Waals surface area contributed by atoms with Gasteiger partial charge in [0, 0.05) is 12.7 Å². The number of hydrogen-bond acceptors (Lipinski definition) is 4. The van der Waals surface area contributed by atoms with Crippen molar-refractivity contribution in [2.75, 3.05) is 26.2 Å². The van der Waals surface area contributed by atoms with Gasteiger partial charge >= 0.3 is 6.18 Å². The fourth-order valence-corrected chi connectivity index (χ4v) is 1.56. The summed E-state index contributed by atoms with van der Waals surface area (Å²) < 4.78 is 37.4. The monoisotopic (exact) mass is 301 g/mol. The lowest BCUT2D eigenvalue weighted by molar-refractivity contribution is -0.141. The lowest BCUT2D eigenvalue weighted by Crippen LogP contribution is -2.41. The fourth-order valence-electron chi connectivity index (χ4n) is 1.56. The minimum Gasteiger partial charge on any atom is -0.395 e. The number of pyridine rings is 1. The summed E-state index contributed by atoms with van der Waals surface area (Å²) in [6, 6.07) is 2.98. The van der Waals surface area contributed by atoms with Gasteiger partial charge in [-0.3, -0.25) is 4.79 Å². The first kappa shape index (κ1) is 16.9. The van der Waals surface area contributed by atoms with Crippen molar-refractivity contribution in [1.82, 2.24) is 9.88 Å². The smallest absolute Gasteiger partial charge is 0.395 e. The first-order valence-corrected chi connectivity index (χ1v) is 6.00. The van der Waals surface area contributed by atoms with E-state index in [0.717, 1.165) is 0 Å². The Balaban J connectivity index is 3.09. The summed E-state index contributed by atoms with van der Waals surface area (Å²) in [6.45, 7) is -2.45. The maximum absolute atomic E-state index is 12.5. The number of aliphatic hydroxyl groups excluding tert-OH is 1. The van der Waals surface area contributed by atoms with Gasteiger partial charge in [-0.25, -0.2) is 4.98 Å². The zero-order valence-electron chi connectivity index (χ0n) is 11.0. The van der Waals surface area contributed by atoms with Crippen molar-refractivity contribution in [2.45, 2.75) is 6.18 Å². The van der Waals surface area contributed by atoms with E-state index in [0.29, 0.717) is 4.90 Å². The summed E-state index contributed by atoms with van der Waals surface area (Å²) in [6.07, 6.45) is -3.28. The van der Waals surface area contributed by atoms with Gasteiger partial charge in [-0.05, 0) is 12.1 Å². The zero-order chi connectivity index (χ0) is 15.9. The molecular formula is C13H14F3N3O2. The molecule has 1 heterocycles. The second-order valence-electron chi connectivity index (χ2n) is 3.97. The summed E-state index contributed by atoms with van der Waals surface area (Å²) in [4.78, 5) is 16.4. The van der Waals surface area contributed by atoms with Crippen molar-refractivity contribution in [1.29, 1.82) is 0 Å². The molecule has 0 fully saturated rings. The molecule has 1 rings (SSSR count). The van der Waals surface area contributed by atoms with Crippen molar-refractivity contribution < 1.29 is 23.1 Å². The molecule has 3 N–H and O–H groups in total. The minimum absolute atomic E-state index is 0.0471. The largest absolute Gasteiger partial charge is 0.406 e. The third-order valence-corrected chi connectivity index (χ3v) is 2.36. The maximum atomic E-state index is 12.5. The Hall–Kier alpha value is -2.11. The Morgan fingerprint density at radius 1 is 1.48 bits per heavy atom. The number of nitrogens with two attached hydrogens (primary N) is 1. The number of rotatable bonds is 4. The second kappa shape index (κ2) is 7.61. The van der Waals surface area contributed by atoms with Gasteiger partial charge in [-0.1, -0.05) is 11.8 Å². The molecule has 0 unspecified atom stereocenters. The van der Waals surface area contributed by atoms with Crippen LogP contribution in [-0.4, -0.2) is 53.3 Å². The number of alkyl halides is 3. The van der Waals surface area contributed by atoms with Crippen LogP contribution in [0.5, 0.6) is 0 Å². The lowest BCUT2D eigenvalue weighted by atomic mass is 10.1. The molecule has 0 aliphatic rings. The Morgan fingerprint density at radius 3 is 2.76 bits per heavy atom. The number of nitrogens with zero attached hydrogens (tertiary/aromatic N) is 2. The molecule has 8 heteroatoms. The highest BCUT2D eigenvalue weighted by molar-refractivity contribution is 5.94.